The maximum Gasteiger partial charge on any atom is 0.437 e. The highest BCUT2D eigenvalue weighted by molar-refractivity contribution is 6.43. The van der Waals surface area contributed by atoms with E-state index >= 15 is 0 Å². The highest BCUT2D eigenvalue weighted by atomic mass is 35.5. The van der Waals surface area contributed by atoms with Gasteiger partial charge in [-0.3, -0.25) is 10.1 Å². The summed E-state index contributed by atoms with van der Waals surface area (Å²) in [5.41, 5.74) is 5.08. The van der Waals surface area contributed by atoms with Crippen molar-refractivity contribution in [3.8, 4) is 11.1 Å². The average Bonchev–Trinajstić information content (AvgIpc) is 2.83. The molecule has 0 spiro atoms. The van der Waals surface area contributed by atoms with Crippen LogP contribution in [0.1, 0.15) is 77.5 Å². The summed E-state index contributed by atoms with van der Waals surface area (Å²) in [5.74, 6) is -0.479. The molecule has 43 heavy (non-hydrogen) atoms. The second kappa shape index (κ2) is 12.9. The Bertz CT molecular complexity index is 1430. The van der Waals surface area contributed by atoms with E-state index in [9.17, 15) is 14.4 Å². The molecule has 0 unspecified atom stereocenters. The highest BCUT2D eigenvalue weighted by Gasteiger charge is 2.34. The highest BCUT2D eigenvalue weighted by Crippen LogP contribution is 2.37. The fourth-order valence-corrected chi connectivity index (χ4v) is 4.77. The molecule has 0 aliphatic carbocycles. The minimum Gasteiger partial charge on any atom is -0.444 e. The van der Waals surface area contributed by atoms with Gasteiger partial charge in [0.15, 0.2) is 0 Å². The van der Waals surface area contributed by atoms with Gasteiger partial charge in [-0.15, -0.1) is 4.99 Å². The van der Waals surface area contributed by atoms with Crippen LogP contribution in [0.25, 0.3) is 11.1 Å². The number of anilines is 1. The predicted octanol–water partition coefficient (Wildman–Crippen LogP) is 5.62. The first-order valence-corrected chi connectivity index (χ1v) is 14.5. The van der Waals surface area contributed by atoms with Gasteiger partial charge in [0.2, 0.25) is 11.9 Å². The van der Waals surface area contributed by atoms with Crippen LogP contribution in [0.3, 0.4) is 0 Å². The van der Waals surface area contributed by atoms with E-state index < -0.39 is 34.8 Å². The number of alkyl carbamates (subject to hydrolysis) is 1. The third-order valence-electron chi connectivity index (χ3n) is 6.32. The van der Waals surface area contributed by atoms with Crippen molar-refractivity contribution in [1.29, 1.82) is 0 Å². The van der Waals surface area contributed by atoms with E-state index in [4.69, 9.17) is 38.4 Å². The van der Waals surface area contributed by atoms with Gasteiger partial charge in [-0.1, -0.05) is 35.3 Å². The van der Waals surface area contributed by atoms with Crippen LogP contribution >= 0.6 is 23.2 Å². The predicted molar refractivity (Wildman–Crippen MR) is 167 cm³/mol. The first-order valence-electron chi connectivity index (χ1n) is 13.7. The number of primary amides is 1. The molecule has 1 aromatic heterocycles. The number of hydrogen-bond donors (Lipinski definition) is 3. The third kappa shape index (κ3) is 9.42. The lowest BCUT2D eigenvalue weighted by molar-refractivity contribution is 0.0559. The largest absolute Gasteiger partial charge is 0.444 e. The number of amides is 3. The molecule has 1 aliphatic rings. The van der Waals surface area contributed by atoms with Crippen LogP contribution in [0.15, 0.2) is 23.2 Å². The van der Waals surface area contributed by atoms with Crippen LogP contribution < -0.4 is 21.3 Å². The Kier molecular flexibility index (Phi) is 10.2. The van der Waals surface area contributed by atoms with Crippen molar-refractivity contribution in [2.45, 2.75) is 85.0 Å². The Morgan fingerprint density at radius 3 is 2.19 bits per heavy atom. The van der Waals surface area contributed by atoms with Gasteiger partial charge in [0.05, 0.1) is 15.7 Å². The van der Waals surface area contributed by atoms with Crippen molar-refractivity contribution in [1.82, 2.24) is 20.6 Å². The van der Waals surface area contributed by atoms with Crippen LogP contribution in [0.5, 0.6) is 0 Å². The molecule has 3 rings (SSSR count). The molecule has 4 N–H and O–H groups in total. The van der Waals surface area contributed by atoms with E-state index in [1.807, 2.05) is 11.8 Å². The quantitative estimate of drug-likeness (QED) is 0.286. The van der Waals surface area contributed by atoms with Gasteiger partial charge in [0, 0.05) is 29.8 Å². The van der Waals surface area contributed by atoms with Gasteiger partial charge in [-0.05, 0) is 74.3 Å². The number of carbonyl (C=O) groups is 3. The minimum absolute atomic E-state index is 0.0338. The maximum atomic E-state index is 12.5. The zero-order valence-corrected chi connectivity index (χ0v) is 27.2. The number of piperidine rings is 1. The van der Waals surface area contributed by atoms with Crippen molar-refractivity contribution >= 4 is 53.2 Å². The molecular weight excluding hydrogens is 597 g/mol. The number of halogens is 2. The molecule has 1 aromatic carbocycles. The maximum absolute atomic E-state index is 12.5. The van der Waals surface area contributed by atoms with E-state index in [0.29, 0.717) is 53.7 Å². The summed E-state index contributed by atoms with van der Waals surface area (Å²) >= 11 is 12.6. The number of nitrogens with two attached hydrogens (primary N) is 1. The van der Waals surface area contributed by atoms with Crippen LogP contribution in [-0.4, -0.2) is 63.9 Å². The minimum atomic E-state index is -0.866. The van der Waals surface area contributed by atoms with Gasteiger partial charge < -0.3 is 25.4 Å². The fourth-order valence-electron chi connectivity index (χ4n) is 4.37. The summed E-state index contributed by atoms with van der Waals surface area (Å²) in [7, 11) is 0. The van der Waals surface area contributed by atoms with Gasteiger partial charge in [-0.25, -0.2) is 19.6 Å². The molecular formula is C29H39Cl2N7O5. The molecule has 1 aliphatic heterocycles. The van der Waals surface area contributed by atoms with Crippen molar-refractivity contribution < 1.29 is 23.9 Å². The van der Waals surface area contributed by atoms with Crippen LogP contribution in [0, 0.1) is 6.92 Å². The second-order valence-electron chi connectivity index (χ2n) is 12.5. The SMILES string of the molecule is Cc1nc(N2CCC(C)(NC(=NC(=O)OC(C)(C)C)NC(=O)OC(C)(C)C)CC2)nc(C(N)=O)c1-c1cccc(Cl)c1Cl. The number of carbonyl (C=O) groups excluding carboxylic acids is 3. The number of aryl methyl sites for hydroxylation is 1. The van der Waals surface area contributed by atoms with Crippen LogP contribution in [0.4, 0.5) is 15.5 Å². The Labute approximate surface area is 261 Å². The first kappa shape index (κ1) is 33.9. The van der Waals surface area contributed by atoms with Gasteiger partial charge in [-0.2, -0.15) is 0 Å². The Balaban J connectivity index is 1.83. The lowest BCUT2D eigenvalue weighted by Crippen LogP contribution is -2.57. The Hall–Kier alpha value is -3.64. The van der Waals surface area contributed by atoms with Crippen molar-refractivity contribution in [3.63, 3.8) is 0 Å². The van der Waals surface area contributed by atoms with Crippen molar-refractivity contribution in [2.24, 2.45) is 10.7 Å². The third-order valence-corrected chi connectivity index (χ3v) is 7.14. The summed E-state index contributed by atoms with van der Waals surface area (Å²) in [4.78, 5) is 52.6. The number of rotatable bonds is 4. The van der Waals surface area contributed by atoms with Crippen LogP contribution in [0.2, 0.25) is 10.0 Å². The zero-order valence-electron chi connectivity index (χ0n) is 25.7. The van der Waals surface area contributed by atoms with Crippen molar-refractivity contribution in [2.75, 3.05) is 18.0 Å². The lowest BCUT2D eigenvalue weighted by Gasteiger charge is -2.40. The fraction of sp³-hybridized carbons (Fsp3) is 0.517. The molecule has 0 atom stereocenters. The lowest BCUT2D eigenvalue weighted by atomic mass is 9.90. The summed E-state index contributed by atoms with van der Waals surface area (Å²) in [6.07, 6.45) is -0.570. The molecule has 234 valence electrons. The monoisotopic (exact) mass is 635 g/mol. The number of nitrogens with one attached hydrogen (secondary N) is 2. The van der Waals surface area contributed by atoms with Crippen molar-refractivity contribution in [3.05, 3.63) is 39.6 Å². The van der Waals surface area contributed by atoms with E-state index in [-0.39, 0.29) is 16.7 Å². The molecule has 2 heterocycles. The molecule has 1 fully saturated rings. The first-order chi connectivity index (χ1) is 19.8. The van der Waals surface area contributed by atoms with Gasteiger partial charge >= 0.3 is 12.2 Å². The number of hydrogen-bond acceptors (Lipinski definition) is 8. The van der Waals surface area contributed by atoms with E-state index in [1.165, 1.54) is 0 Å². The second-order valence-corrected chi connectivity index (χ2v) is 13.3. The standard InChI is InChI=1S/C29H39Cl2N7O5/c1-16-19(17-10-9-11-18(30)20(17)31)21(22(32)39)34-24(33-16)38-14-12-29(8,13-15-38)37-23(35-25(40)42-27(2,3)4)36-26(41)43-28(5,6)7/h9-11H,12-15H2,1-8H3,(H2,32,39)(H2,35,36,37,40,41). The number of benzene rings is 1. The molecule has 1 saturated heterocycles. The molecule has 14 heteroatoms. The molecule has 0 radical (unpaired) electrons. The normalized spacial score (nSPS) is 15.5. The molecule has 2 aromatic rings. The number of nitrogens with zero attached hydrogens (tertiary/aromatic N) is 4. The molecule has 3 amide bonds. The van der Waals surface area contributed by atoms with E-state index in [1.54, 1.807) is 66.7 Å². The Morgan fingerprint density at radius 1 is 1.02 bits per heavy atom. The number of ether oxygens (including phenoxy) is 2. The Morgan fingerprint density at radius 2 is 1.63 bits per heavy atom. The summed E-state index contributed by atoms with van der Waals surface area (Å²) in [6.45, 7) is 15.0. The summed E-state index contributed by atoms with van der Waals surface area (Å²) in [6, 6.07) is 5.09. The summed E-state index contributed by atoms with van der Waals surface area (Å²) < 4.78 is 10.7. The average molecular weight is 637 g/mol. The molecule has 0 bridgehead atoms. The number of guanidine groups is 1. The summed E-state index contributed by atoms with van der Waals surface area (Å²) in [5, 5.41) is 6.32. The number of aliphatic imine (C=N–C) groups is 1. The van der Waals surface area contributed by atoms with Crippen LogP contribution in [-0.2, 0) is 9.47 Å². The zero-order chi connectivity index (χ0) is 32.3. The molecule has 0 saturated carbocycles. The number of aromatic nitrogens is 2. The van der Waals surface area contributed by atoms with E-state index in [2.05, 4.69) is 25.6 Å². The molecule has 12 nitrogen and oxygen atoms in total. The smallest absolute Gasteiger partial charge is 0.437 e. The van der Waals surface area contributed by atoms with Gasteiger partial charge in [0.1, 0.15) is 16.9 Å². The topological polar surface area (TPSA) is 161 Å². The van der Waals surface area contributed by atoms with E-state index in [0.717, 1.165) is 0 Å². The van der Waals surface area contributed by atoms with Gasteiger partial charge in [0.25, 0.3) is 5.91 Å².